The van der Waals surface area contributed by atoms with Gasteiger partial charge in [-0.1, -0.05) is 12.1 Å². The summed E-state index contributed by atoms with van der Waals surface area (Å²) in [6, 6.07) is 13.2. The van der Waals surface area contributed by atoms with Gasteiger partial charge in [0.05, 0.1) is 5.69 Å². The molecule has 1 aromatic heterocycles. The zero-order valence-electron chi connectivity index (χ0n) is 12.4. The van der Waals surface area contributed by atoms with Crippen molar-refractivity contribution in [2.45, 2.75) is 6.54 Å². The lowest BCUT2D eigenvalue weighted by Crippen LogP contribution is -2.26. The van der Waals surface area contributed by atoms with Gasteiger partial charge >= 0.3 is 0 Å². The van der Waals surface area contributed by atoms with Gasteiger partial charge < -0.3 is 4.90 Å². The summed E-state index contributed by atoms with van der Waals surface area (Å²) >= 11 is 0. The molecule has 0 bridgehead atoms. The topological polar surface area (TPSA) is 63.9 Å². The molecule has 3 rings (SSSR count). The minimum Gasteiger partial charge on any atom is -0.337 e. The fourth-order valence-electron chi connectivity index (χ4n) is 2.24. The molecule has 0 aliphatic heterocycles. The summed E-state index contributed by atoms with van der Waals surface area (Å²) < 4.78 is 14.7. The van der Waals surface area contributed by atoms with E-state index in [2.05, 4.69) is 15.5 Å². The third-order valence-electron chi connectivity index (χ3n) is 3.38. The van der Waals surface area contributed by atoms with Crippen molar-refractivity contribution in [2.24, 2.45) is 0 Å². The molecule has 0 radical (unpaired) electrons. The van der Waals surface area contributed by atoms with Crippen LogP contribution < -0.4 is 0 Å². The highest BCUT2D eigenvalue weighted by Gasteiger charge is 2.12. The highest BCUT2D eigenvalue weighted by Crippen LogP contribution is 2.12. The molecular weight excluding hydrogens is 297 g/mol. The van der Waals surface area contributed by atoms with Crippen molar-refractivity contribution in [3.05, 3.63) is 71.8 Å². The predicted molar refractivity (Wildman–Crippen MR) is 81.4 cm³/mol. The third kappa shape index (κ3) is 3.39. The largest absolute Gasteiger partial charge is 0.337 e. The minimum atomic E-state index is -0.311. The molecule has 0 unspecified atom stereocenters. The van der Waals surface area contributed by atoms with Gasteiger partial charge in [0.15, 0.2) is 0 Å². The van der Waals surface area contributed by atoms with Crippen LogP contribution in [0.4, 0.5) is 4.39 Å². The Balaban J connectivity index is 1.72. The van der Waals surface area contributed by atoms with Gasteiger partial charge in [0.25, 0.3) is 5.91 Å². The minimum absolute atomic E-state index is 0.141. The maximum Gasteiger partial charge on any atom is 0.253 e. The number of aromatic nitrogens is 4. The highest BCUT2D eigenvalue weighted by atomic mass is 19.1. The molecule has 2 aromatic carbocycles. The van der Waals surface area contributed by atoms with Crippen LogP contribution in [-0.2, 0) is 6.54 Å². The molecule has 0 saturated heterocycles. The number of benzene rings is 2. The molecule has 7 heteroatoms. The Kier molecular flexibility index (Phi) is 4.09. The third-order valence-corrected chi connectivity index (χ3v) is 3.38. The monoisotopic (exact) mass is 311 g/mol. The molecule has 0 saturated carbocycles. The SMILES string of the molecule is CN(Cc1cccc(F)c1)C(=O)c1ccc(-n2cnnn2)cc1. The maximum atomic E-state index is 13.2. The standard InChI is InChI=1S/C16H14FN5O/c1-21(10-12-3-2-4-14(17)9-12)16(23)13-5-7-15(8-6-13)22-11-18-19-20-22/h2-9,11H,10H2,1H3. The fourth-order valence-corrected chi connectivity index (χ4v) is 2.24. The Labute approximate surface area is 132 Å². The van der Waals surface area contributed by atoms with Gasteiger partial charge in [-0.25, -0.2) is 9.07 Å². The molecule has 0 aliphatic carbocycles. The summed E-state index contributed by atoms with van der Waals surface area (Å²) in [5, 5.41) is 10.9. The van der Waals surface area contributed by atoms with Crippen molar-refractivity contribution in [1.29, 1.82) is 0 Å². The summed E-state index contributed by atoms with van der Waals surface area (Å²) in [6.45, 7) is 0.339. The summed E-state index contributed by atoms with van der Waals surface area (Å²) in [7, 11) is 1.68. The first-order chi connectivity index (χ1) is 11.1. The van der Waals surface area contributed by atoms with Crippen molar-refractivity contribution in [1.82, 2.24) is 25.1 Å². The second-order valence-electron chi connectivity index (χ2n) is 5.09. The Morgan fingerprint density at radius 1 is 1.22 bits per heavy atom. The van der Waals surface area contributed by atoms with E-state index in [-0.39, 0.29) is 11.7 Å². The van der Waals surface area contributed by atoms with Crippen LogP contribution in [0.5, 0.6) is 0 Å². The lowest BCUT2D eigenvalue weighted by molar-refractivity contribution is 0.0785. The Bertz CT molecular complexity index is 802. The van der Waals surface area contributed by atoms with Gasteiger partial charge in [0.2, 0.25) is 0 Å². The first-order valence-electron chi connectivity index (χ1n) is 6.97. The van der Waals surface area contributed by atoms with Gasteiger partial charge in [-0.3, -0.25) is 4.79 Å². The first kappa shape index (κ1) is 14.8. The number of carbonyl (C=O) groups is 1. The van der Waals surface area contributed by atoms with Gasteiger partial charge in [-0.15, -0.1) is 5.10 Å². The quantitative estimate of drug-likeness (QED) is 0.740. The fraction of sp³-hybridized carbons (Fsp3) is 0.125. The average molecular weight is 311 g/mol. The molecule has 0 N–H and O–H groups in total. The summed E-state index contributed by atoms with van der Waals surface area (Å²) in [4.78, 5) is 14.0. The van der Waals surface area contributed by atoms with Crippen LogP contribution in [0.3, 0.4) is 0 Å². The number of carbonyl (C=O) groups excluding carboxylic acids is 1. The number of hydrogen-bond acceptors (Lipinski definition) is 4. The second-order valence-corrected chi connectivity index (χ2v) is 5.09. The molecular formula is C16H14FN5O. The van der Waals surface area contributed by atoms with E-state index < -0.39 is 0 Å². The molecule has 6 nitrogen and oxygen atoms in total. The van der Waals surface area contributed by atoms with E-state index in [1.54, 1.807) is 48.3 Å². The van der Waals surface area contributed by atoms with E-state index in [1.165, 1.54) is 23.1 Å². The van der Waals surface area contributed by atoms with Crippen LogP contribution in [0, 0.1) is 5.82 Å². The Hall–Kier alpha value is -3.09. The summed E-state index contributed by atoms with van der Waals surface area (Å²) in [6.07, 6.45) is 1.48. The molecule has 0 fully saturated rings. The number of nitrogens with zero attached hydrogens (tertiary/aromatic N) is 5. The van der Waals surface area contributed by atoms with Crippen LogP contribution in [0.15, 0.2) is 54.9 Å². The van der Waals surface area contributed by atoms with Gasteiger partial charge in [0, 0.05) is 19.2 Å². The first-order valence-corrected chi connectivity index (χ1v) is 6.97. The number of rotatable bonds is 4. The number of amides is 1. The predicted octanol–water partition coefficient (Wildman–Crippen LogP) is 2.07. The molecule has 1 heterocycles. The van der Waals surface area contributed by atoms with Crippen LogP contribution in [0.25, 0.3) is 5.69 Å². The van der Waals surface area contributed by atoms with Crippen molar-refractivity contribution in [3.8, 4) is 5.69 Å². The van der Waals surface area contributed by atoms with Crippen LogP contribution in [0.2, 0.25) is 0 Å². The van der Waals surface area contributed by atoms with Gasteiger partial charge in [-0.2, -0.15) is 0 Å². The molecule has 23 heavy (non-hydrogen) atoms. The lowest BCUT2D eigenvalue weighted by Gasteiger charge is -2.17. The number of hydrogen-bond donors (Lipinski definition) is 0. The van der Waals surface area contributed by atoms with Crippen molar-refractivity contribution >= 4 is 5.91 Å². The van der Waals surface area contributed by atoms with E-state index in [4.69, 9.17) is 0 Å². The molecule has 0 spiro atoms. The molecule has 116 valence electrons. The van der Waals surface area contributed by atoms with Gasteiger partial charge in [0.1, 0.15) is 12.1 Å². The zero-order valence-corrected chi connectivity index (χ0v) is 12.4. The number of halogens is 1. The smallest absolute Gasteiger partial charge is 0.253 e. The van der Waals surface area contributed by atoms with Gasteiger partial charge in [-0.05, 0) is 52.4 Å². The lowest BCUT2D eigenvalue weighted by atomic mass is 10.1. The highest BCUT2D eigenvalue weighted by molar-refractivity contribution is 5.94. The van der Waals surface area contributed by atoms with E-state index in [9.17, 15) is 9.18 Å². The Morgan fingerprint density at radius 2 is 2.00 bits per heavy atom. The molecule has 0 atom stereocenters. The van der Waals surface area contributed by atoms with Crippen LogP contribution >= 0.6 is 0 Å². The van der Waals surface area contributed by atoms with Crippen molar-refractivity contribution in [2.75, 3.05) is 7.05 Å². The van der Waals surface area contributed by atoms with E-state index >= 15 is 0 Å². The van der Waals surface area contributed by atoms with E-state index in [0.29, 0.717) is 12.1 Å². The normalized spacial score (nSPS) is 10.5. The zero-order chi connectivity index (χ0) is 16.2. The van der Waals surface area contributed by atoms with Crippen LogP contribution in [-0.4, -0.2) is 38.1 Å². The summed E-state index contributed by atoms with van der Waals surface area (Å²) in [5.41, 5.74) is 2.05. The van der Waals surface area contributed by atoms with Crippen molar-refractivity contribution in [3.63, 3.8) is 0 Å². The molecule has 0 aliphatic rings. The molecule has 1 amide bonds. The second kappa shape index (κ2) is 6.35. The van der Waals surface area contributed by atoms with Crippen LogP contribution in [0.1, 0.15) is 15.9 Å². The average Bonchev–Trinajstić information content (AvgIpc) is 3.09. The Morgan fingerprint density at radius 3 is 2.65 bits per heavy atom. The number of tetrazole rings is 1. The molecule has 3 aromatic rings. The van der Waals surface area contributed by atoms with E-state index in [1.807, 2.05) is 0 Å². The summed E-state index contributed by atoms with van der Waals surface area (Å²) in [5.74, 6) is -0.452. The maximum absolute atomic E-state index is 13.2. The van der Waals surface area contributed by atoms with E-state index in [0.717, 1.165) is 11.3 Å². The van der Waals surface area contributed by atoms with Crippen molar-refractivity contribution < 1.29 is 9.18 Å².